The van der Waals surface area contributed by atoms with Gasteiger partial charge in [-0.3, -0.25) is 0 Å². The molecule has 0 spiro atoms. The number of nitrogens with one attached hydrogen (secondary N) is 1. The Morgan fingerprint density at radius 1 is 1.41 bits per heavy atom. The molecule has 17 heavy (non-hydrogen) atoms. The number of methoxy groups -OCH3 is 1. The number of piperidine rings is 1. The summed E-state index contributed by atoms with van der Waals surface area (Å²) in [6, 6.07) is 1.87. The lowest BCUT2D eigenvalue weighted by Gasteiger charge is -2.25. The molecular weight excluding hydrogens is 285 g/mol. The Morgan fingerprint density at radius 2 is 2.06 bits per heavy atom. The lowest BCUT2D eigenvalue weighted by Crippen LogP contribution is -2.27. The van der Waals surface area contributed by atoms with Gasteiger partial charge in [-0.15, -0.1) is 0 Å². The lowest BCUT2D eigenvalue weighted by molar-refractivity contribution is 0.384. The van der Waals surface area contributed by atoms with E-state index in [1.54, 1.807) is 14.0 Å². The number of halogens is 2. The molecule has 1 aromatic carbocycles. The molecule has 1 aliphatic heterocycles. The van der Waals surface area contributed by atoms with Crippen molar-refractivity contribution in [3.05, 3.63) is 27.5 Å². The summed E-state index contributed by atoms with van der Waals surface area (Å²) in [5.41, 5.74) is 1.72. The number of benzene rings is 1. The largest absolute Gasteiger partial charge is 0.496 e. The average molecular weight is 302 g/mol. The highest BCUT2D eigenvalue weighted by Crippen LogP contribution is 2.38. The van der Waals surface area contributed by atoms with Crippen LogP contribution in [0.1, 0.15) is 29.9 Å². The third-order valence-corrected chi connectivity index (χ3v) is 3.98. The molecule has 0 unspecified atom stereocenters. The fourth-order valence-corrected chi connectivity index (χ4v) is 3.01. The van der Waals surface area contributed by atoms with Gasteiger partial charge in [0.05, 0.1) is 11.6 Å². The van der Waals surface area contributed by atoms with Gasteiger partial charge in [-0.1, -0.05) is 0 Å². The molecule has 4 heteroatoms. The standard InChI is InChI=1S/C13H17BrFNO/c1-8-12(15)11(14)7-10(13(8)17-2)9-3-5-16-6-4-9/h7,9,16H,3-6H2,1-2H3. The highest BCUT2D eigenvalue weighted by Gasteiger charge is 2.22. The number of hydrogen-bond acceptors (Lipinski definition) is 2. The summed E-state index contributed by atoms with van der Waals surface area (Å²) < 4.78 is 19.7. The van der Waals surface area contributed by atoms with Crippen LogP contribution in [0.25, 0.3) is 0 Å². The zero-order valence-corrected chi connectivity index (χ0v) is 11.7. The second-order valence-corrected chi connectivity index (χ2v) is 5.30. The van der Waals surface area contributed by atoms with Crippen molar-refractivity contribution in [3.63, 3.8) is 0 Å². The first-order valence-electron chi connectivity index (χ1n) is 5.88. The number of rotatable bonds is 2. The van der Waals surface area contributed by atoms with Crippen LogP contribution in [0, 0.1) is 12.7 Å². The van der Waals surface area contributed by atoms with Gasteiger partial charge in [0.2, 0.25) is 0 Å². The van der Waals surface area contributed by atoms with Gasteiger partial charge in [-0.2, -0.15) is 0 Å². The Kier molecular flexibility index (Phi) is 4.05. The van der Waals surface area contributed by atoms with Crippen molar-refractivity contribution in [2.75, 3.05) is 20.2 Å². The molecule has 1 aromatic rings. The van der Waals surface area contributed by atoms with Crippen molar-refractivity contribution in [2.45, 2.75) is 25.7 Å². The van der Waals surface area contributed by atoms with Crippen molar-refractivity contribution in [1.29, 1.82) is 0 Å². The summed E-state index contributed by atoms with van der Waals surface area (Å²) in [6.07, 6.45) is 2.15. The van der Waals surface area contributed by atoms with Crippen molar-refractivity contribution < 1.29 is 9.13 Å². The first-order chi connectivity index (χ1) is 8.15. The van der Waals surface area contributed by atoms with Crippen LogP contribution >= 0.6 is 15.9 Å². The van der Waals surface area contributed by atoms with Gasteiger partial charge in [0, 0.05) is 5.56 Å². The molecule has 0 atom stereocenters. The highest BCUT2D eigenvalue weighted by molar-refractivity contribution is 9.10. The van der Waals surface area contributed by atoms with Gasteiger partial charge in [-0.05, 0) is 66.3 Å². The quantitative estimate of drug-likeness (QED) is 0.904. The minimum Gasteiger partial charge on any atom is -0.496 e. The number of hydrogen-bond donors (Lipinski definition) is 1. The predicted molar refractivity (Wildman–Crippen MR) is 70.2 cm³/mol. The lowest BCUT2D eigenvalue weighted by atomic mass is 9.88. The second kappa shape index (κ2) is 5.36. The minimum atomic E-state index is -0.223. The molecule has 0 bridgehead atoms. The molecule has 0 amide bonds. The summed E-state index contributed by atoms with van der Waals surface area (Å²) in [5, 5.41) is 3.34. The molecule has 1 N–H and O–H groups in total. The fourth-order valence-electron chi connectivity index (χ4n) is 2.47. The van der Waals surface area contributed by atoms with Crippen LogP contribution in [0.15, 0.2) is 10.5 Å². The molecule has 1 heterocycles. The van der Waals surface area contributed by atoms with E-state index < -0.39 is 0 Å². The van der Waals surface area contributed by atoms with Crippen LogP contribution < -0.4 is 10.1 Å². The van der Waals surface area contributed by atoms with Crippen molar-refractivity contribution in [1.82, 2.24) is 5.32 Å². The summed E-state index contributed by atoms with van der Waals surface area (Å²) in [6.45, 7) is 3.80. The monoisotopic (exact) mass is 301 g/mol. The van der Waals surface area contributed by atoms with E-state index in [9.17, 15) is 4.39 Å². The predicted octanol–water partition coefficient (Wildman–Crippen LogP) is 3.37. The molecule has 0 radical (unpaired) electrons. The molecule has 1 saturated heterocycles. The second-order valence-electron chi connectivity index (χ2n) is 4.44. The van der Waals surface area contributed by atoms with Crippen LogP contribution in [-0.4, -0.2) is 20.2 Å². The third kappa shape index (κ3) is 2.47. The molecule has 0 aliphatic carbocycles. The van der Waals surface area contributed by atoms with Gasteiger partial charge < -0.3 is 10.1 Å². The average Bonchev–Trinajstić information content (AvgIpc) is 2.36. The maximum Gasteiger partial charge on any atom is 0.143 e. The van der Waals surface area contributed by atoms with E-state index in [1.807, 2.05) is 6.07 Å². The Bertz CT molecular complexity index is 416. The van der Waals surface area contributed by atoms with Gasteiger partial charge in [0.25, 0.3) is 0 Å². The third-order valence-electron chi connectivity index (χ3n) is 3.41. The Morgan fingerprint density at radius 3 is 2.65 bits per heavy atom. The summed E-state index contributed by atoms with van der Waals surface area (Å²) in [7, 11) is 1.61. The fraction of sp³-hybridized carbons (Fsp3) is 0.538. The van der Waals surface area contributed by atoms with E-state index in [2.05, 4.69) is 21.2 Å². The Labute approximate surface area is 110 Å². The van der Waals surface area contributed by atoms with Gasteiger partial charge in [0.15, 0.2) is 0 Å². The molecular formula is C13H17BrFNO. The van der Waals surface area contributed by atoms with Crippen LogP contribution in [0.4, 0.5) is 4.39 Å². The smallest absolute Gasteiger partial charge is 0.143 e. The van der Waals surface area contributed by atoms with E-state index in [-0.39, 0.29) is 5.82 Å². The Hall–Kier alpha value is -0.610. The van der Waals surface area contributed by atoms with E-state index in [1.165, 1.54) is 0 Å². The van der Waals surface area contributed by atoms with Gasteiger partial charge in [-0.25, -0.2) is 4.39 Å². The van der Waals surface area contributed by atoms with Crippen molar-refractivity contribution in [2.24, 2.45) is 0 Å². The molecule has 2 nitrogen and oxygen atoms in total. The van der Waals surface area contributed by atoms with Crippen LogP contribution in [0.3, 0.4) is 0 Å². The van der Waals surface area contributed by atoms with Crippen LogP contribution in [-0.2, 0) is 0 Å². The molecule has 1 aliphatic rings. The summed E-state index contributed by atoms with van der Waals surface area (Å²) in [4.78, 5) is 0. The molecule has 0 saturated carbocycles. The van der Waals surface area contributed by atoms with Crippen molar-refractivity contribution >= 4 is 15.9 Å². The first-order valence-corrected chi connectivity index (χ1v) is 6.67. The van der Waals surface area contributed by atoms with Gasteiger partial charge in [0.1, 0.15) is 11.6 Å². The van der Waals surface area contributed by atoms with Crippen LogP contribution in [0.2, 0.25) is 0 Å². The molecule has 2 rings (SSSR count). The normalized spacial score (nSPS) is 17.2. The van der Waals surface area contributed by atoms with E-state index >= 15 is 0 Å². The SMILES string of the molecule is COc1c(C2CCNCC2)cc(Br)c(F)c1C. The highest BCUT2D eigenvalue weighted by atomic mass is 79.9. The van der Waals surface area contributed by atoms with Crippen molar-refractivity contribution in [3.8, 4) is 5.75 Å². The number of ether oxygens (including phenoxy) is 1. The zero-order chi connectivity index (χ0) is 12.4. The minimum absolute atomic E-state index is 0.223. The van der Waals surface area contributed by atoms with E-state index in [0.717, 1.165) is 31.5 Å². The topological polar surface area (TPSA) is 21.3 Å². The summed E-state index contributed by atoms with van der Waals surface area (Å²) >= 11 is 3.28. The zero-order valence-electron chi connectivity index (χ0n) is 10.1. The molecule has 1 fully saturated rings. The maximum absolute atomic E-state index is 13.8. The summed E-state index contributed by atoms with van der Waals surface area (Å²) in [5.74, 6) is 0.943. The van der Waals surface area contributed by atoms with E-state index in [0.29, 0.717) is 21.7 Å². The van der Waals surface area contributed by atoms with Gasteiger partial charge >= 0.3 is 0 Å². The van der Waals surface area contributed by atoms with E-state index in [4.69, 9.17) is 4.74 Å². The molecule has 0 aromatic heterocycles. The Balaban J connectivity index is 2.44. The maximum atomic E-state index is 13.8. The first kappa shape index (κ1) is 12.8. The van der Waals surface area contributed by atoms with Crippen LogP contribution in [0.5, 0.6) is 5.75 Å². The molecule has 94 valence electrons.